The minimum atomic E-state index is -0.361. The molecule has 0 saturated heterocycles. The molecule has 0 N–H and O–H groups in total. The standard InChI is InChI=1S/C13H13BrFN3O/c1-17(2)11-6-13(19)18(16-7-11)8-9-3-4-10(14)5-12(9)15/h3-7H,8H2,1-2H3. The molecule has 4 nitrogen and oxygen atoms in total. The maximum absolute atomic E-state index is 13.7. The first-order valence-corrected chi connectivity index (χ1v) is 6.45. The Kier molecular flexibility index (Phi) is 3.99. The Morgan fingerprint density at radius 2 is 2.11 bits per heavy atom. The summed E-state index contributed by atoms with van der Waals surface area (Å²) in [5.41, 5.74) is 0.890. The molecule has 2 aromatic rings. The highest BCUT2D eigenvalue weighted by Crippen LogP contribution is 2.15. The highest BCUT2D eigenvalue weighted by molar-refractivity contribution is 9.10. The SMILES string of the molecule is CN(C)c1cnn(Cc2ccc(Br)cc2F)c(=O)c1. The van der Waals surface area contributed by atoms with Crippen molar-refractivity contribution in [2.75, 3.05) is 19.0 Å². The Hall–Kier alpha value is -1.69. The van der Waals surface area contributed by atoms with Gasteiger partial charge in [0.2, 0.25) is 0 Å². The van der Waals surface area contributed by atoms with Crippen LogP contribution in [0.4, 0.5) is 10.1 Å². The fourth-order valence-corrected chi connectivity index (χ4v) is 1.93. The number of rotatable bonds is 3. The number of hydrogen-bond acceptors (Lipinski definition) is 3. The molecule has 1 heterocycles. The topological polar surface area (TPSA) is 38.1 Å². The van der Waals surface area contributed by atoms with Gasteiger partial charge in [-0.15, -0.1) is 0 Å². The fourth-order valence-electron chi connectivity index (χ4n) is 1.60. The third-order valence-electron chi connectivity index (χ3n) is 2.71. The zero-order chi connectivity index (χ0) is 14.0. The van der Waals surface area contributed by atoms with Crippen molar-refractivity contribution in [2.45, 2.75) is 6.54 Å². The van der Waals surface area contributed by atoms with E-state index in [1.54, 1.807) is 23.2 Å². The molecule has 0 atom stereocenters. The zero-order valence-corrected chi connectivity index (χ0v) is 12.2. The van der Waals surface area contributed by atoms with Crippen LogP contribution in [0.3, 0.4) is 0 Å². The molecule has 2 rings (SSSR count). The van der Waals surface area contributed by atoms with Gasteiger partial charge in [0.1, 0.15) is 5.82 Å². The van der Waals surface area contributed by atoms with Gasteiger partial charge in [0.25, 0.3) is 5.56 Å². The summed E-state index contributed by atoms with van der Waals surface area (Å²) in [6.07, 6.45) is 1.58. The predicted octanol–water partition coefficient (Wildman–Crippen LogP) is 2.26. The molecule has 0 aliphatic carbocycles. The Bertz CT molecular complexity index is 655. The lowest BCUT2D eigenvalue weighted by molar-refractivity contribution is 0.571. The normalized spacial score (nSPS) is 10.5. The molecule has 100 valence electrons. The molecule has 0 radical (unpaired) electrons. The third kappa shape index (κ3) is 3.20. The molecule has 19 heavy (non-hydrogen) atoms. The van der Waals surface area contributed by atoms with Crippen LogP contribution in [0, 0.1) is 5.82 Å². The van der Waals surface area contributed by atoms with Crippen molar-refractivity contribution in [1.29, 1.82) is 0 Å². The molecule has 1 aromatic carbocycles. The molecule has 0 fully saturated rings. The summed E-state index contributed by atoms with van der Waals surface area (Å²) in [5.74, 6) is -0.361. The number of benzene rings is 1. The summed E-state index contributed by atoms with van der Waals surface area (Å²) in [6.45, 7) is 0.117. The van der Waals surface area contributed by atoms with E-state index in [4.69, 9.17) is 0 Å². The second-order valence-corrected chi connectivity index (χ2v) is 5.26. The van der Waals surface area contributed by atoms with Crippen molar-refractivity contribution in [3.8, 4) is 0 Å². The van der Waals surface area contributed by atoms with Crippen molar-refractivity contribution in [2.24, 2.45) is 0 Å². The van der Waals surface area contributed by atoms with Crippen LogP contribution in [0.15, 0.2) is 39.7 Å². The van der Waals surface area contributed by atoms with E-state index in [1.165, 1.54) is 16.8 Å². The van der Waals surface area contributed by atoms with Crippen molar-refractivity contribution < 1.29 is 4.39 Å². The number of halogens is 2. The monoisotopic (exact) mass is 325 g/mol. The second-order valence-electron chi connectivity index (χ2n) is 4.34. The highest BCUT2D eigenvalue weighted by atomic mass is 79.9. The molecule has 0 bridgehead atoms. The summed E-state index contributed by atoms with van der Waals surface area (Å²) >= 11 is 3.19. The maximum Gasteiger partial charge on any atom is 0.269 e. The van der Waals surface area contributed by atoms with Crippen LogP contribution in [0.2, 0.25) is 0 Å². The molecule has 0 amide bonds. The van der Waals surface area contributed by atoms with E-state index in [0.29, 0.717) is 10.0 Å². The molecule has 0 saturated carbocycles. The fraction of sp³-hybridized carbons (Fsp3) is 0.231. The van der Waals surface area contributed by atoms with Gasteiger partial charge in [0.15, 0.2) is 0 Å². The Morgan fingerprint density at radius 1 is 1.37 bits per heavy atom. The van der Waals surface area contributed by atoms with Gasteiger partial charge < -0.3 is 4.90 Å². The molecule has 0 aliphatic rings. The van der Waals surface area contributed by atoms with E-state index < -0.39 is 0 Å². The van der Waals surface area contributed by atoms with Crippen LogP contribution < -0.4 is 10.5 Å². The summed E-state index contributed by atoms with van der Waals surface area (Å²) < 4.78 is 15.6. The Balaban J connectivity index is 2.31. The molecule has 1 aromatic heterocycles. The van der Waals surface area contributed by atoms with Gasteiger partial charge in [-0.05, 0) is 12.1 Å². The van der Waals surface area contributed by atoms with E-state index >= 15 is 0 Å². The van der Waals surface area contributed by atoms with Crippen molar-refractivity contribution >= 4 is 21.6 Å². The van der Waals surface area contributed by atoms with Gasteiger partial charge >= 0.3 is 0 Å². The van der Waals surface area contributed by atoms with E-state index in [-0.39, 0.29) is 17.9 Å². The highest BCUT2D eigenvalue weighted by Gasteiger charge is 2.07. The van der Waals surface area contributed by atoms with Crippen molar-refractivity contribution in [3.05, 3.63) is 56.7 Å². The lowest BCUT2D eigenvalue weighted by Gasteiger charge is -2.12. The van der Waals surface area contributed by atoms with E-state index in [9.17, 15) is 9.18 Å². The van der Waals surface area contributed by atoms with Gasteiger partial charge in [-0.25, -0.2) is 9.07 Å². The number of aromatic nitrogens is 2. The summed E-state index contributed by atoms with van der Waals surface area (Å²) in [5, 5.41) is 4.04. The minimum absolute atomic E-state index is 0.117. The van der Waals surface area contributed by atoms with Gasteiger partial charge in [-0.2, -0.15) is 5.10 Å². The van der Waals surface area contributed by atoms with Gasteiger partial charge in [-0.3, -0.25) is 4.79 Å². The number of nitrogens with zero attached hydrogens (tertiary/aromatic N) is 3. The van der Waals surface area contributed by atoms with Crippen LogP contribution in [-0.4, -0.2) is 23.9 Å². The van der Waals surface area contributed by atoms with E-state index in [0.717, 1.165) is 5.69 Å². The lowest BCUT2D eigenvalue weighted by atomic mass is 10.2. The predicted molar refractivity (Wildman–Crippen MR) is 76.0 cm³/mol. The van der Waals surface area contributed by atoms with Crippen LogP contribution in [-0.2, 0) is 6.54 Å². The summed E-state index contributed by atoms with van der Waals surface area (Å²) in [6, 6.07) is 6.21. The summed E-state index contributed by atoms with van der Waals surface area (Å²) in [7, 11) is 3.66. The molecular formula is C13H13BrFN3O. The summed E-state index contributed by atoms with van der Waals surface area (Å²) in [4.78, 5) is 13.7. The van der Waals surface area contributed by atoms with Crippen LogP contribution in [0.1, 0.15) is 5.56 Å². The van der Waals surface area contributed by atoms with Crippen LogP contribution in [0.25, 0.3) is 0 Å². The van der Waals surface area contributed by atoms with Gasteiger partial charge in [0, 0.05) is 30.2 Å². The zero-order valence-electron chi connectivity index (χ0n) is 10.6. The smallest absolute Gasteiger partial charge is 0.269 e. The Labute approximate surface area is 118 Å². The molecule has 0 spiro atoms. The van der Waals surface area contributed by atoms with Crippen molar-refractivity contribution in [1.82, 2.24) is 9.78 Å². The Morgan fingerprint density at radius 3 is 2.68 bits per heavy atom. The van der Waals surface area contributed by atoms with Crippen LogP contribution in [0.5, 0.6) is 0 Å². The van der Waals surface area contributed by atoms with Crippen LogP contribution >= 0.6 is 15.9 Å². The minimum Gasteiger partial charge on any atom is -0.376 e. The van der Waals surface area contributed by atoms with Crippen molar-refractivity contribution in [3.63, 3.8) is 0 Å². The first-order chi connectivity index (χ1) is 8.97. The average Bonchev–Trinajstić information content (AvgIpc) is 2.34. The average molecular weight is 326 g/mol. The molecule has 6 heteroatoms. The lowest BCUT2D eigenvalue weighted by Crippen LogP contribution is -2.25. The quantitative estimate of drug-likeness (QED) is 0.868. The molecule has 0 unspecified atom stereocenters. The van der Waals surface area contributed by atoms with Gasteiger partial charge in [0.05, 0.1) is 18.4 Å². The second kappa shape index (κ2) is 5.52. The first-order valence-electron chi connectivity index (χ1n) is 5.66. The number of hydrogen-bond donors (Lipinski definition) is 0. The number of anilines is 1. The third-order valence-corrected chi connectivity index (χ3v) is 3.20. The molecular weight excluding hydrogens is 313 g/mol. The van der Waals surface area contributed by atoms with E-state index in [2.05, 4.69) is 21.0 Å². The van der Waals surface area contributed by atoms with Gasteiger partial charge in [-0.1, -0.05) is 22.0 Å². The largest absolute Gasteiger partial charge is 0.376 e. The molecule has 0 aliphatic heterocycles. The maximum atomic E-state index is 13.7. The first kappa shape index (κ1) is 13.7. The van der Waals surface area contributed by atoms with E-state index in [1.807, 2.05) is 14.1 Å².